The Morgan fingerprint density at radius 3 is 0.973 bits per heavy atom. The quantitative estimate of drug-likeness (QED) is 0.0196. The molecule has 0 radical (unpaired) electrons. The van der Waals surface area contributed by atoms with Crippen molar-refractivity contribution in [2.24, 2.45) is 5.41 Å². The average Bonchev–Trinajstić information content (AvgIpc) is 3.39. The van der Waals surface area contributed by atoms with Gasteiger partial charge in [-0.3, -0.25) is 0 Å². The van der Waals surface area contributed by atoms with Crippen LogP contribution in [-0.4, -0.2) is 219 Å². The van der Waals surface area contributed by atoms with Crippen LogP contribution in [0.25, 0.3) is 0 Å². The smallest absolute Gasteiger partial charge is 0.333 e. The molecule has 0 aromatic rings. The lowest BCUT2D eigenvalue weighted by molar-refractivity contribution is -0.159. The predicted octanol–water partition coefficient (Wildman–Crippen LogP) is -2.02. The Bertz CT molecular complexity index is 1610. The number of hydrogen-bond acceptors (Lipinski definition) is 26. The predicted molar refractivity (Wildman–Crippen MR) is 255 cm³/mol. The molecule has 0 fully saturated rings. The van der Waals surface area contributed by atoms with Gasteiger partial charge in [-0.25, -0.2) is 38.4 Å². The van der Waals surface area contributed by atoms with Gasteiger partial charge < -0.3 is 88.2 Å². The van der Waals surface area contributed by atoms with Gasteiger partial charge in [0.2, 0.25) is 0 Å². The molecule has 0 heterocycles. The summed E-state index contributed by atoms with van der Waals surface area (Å²) in [6, 6.07) is 0. The topological polar surface area (TPSA) is 391 Å². The molecule has 0 aromatic carbocycles. The van der Waals surface area contributed by atoms with E-state index in [2.05, 4.69) is 76.3 Å². The molecular weight excluding hydrogens is 980 g/mol. The summed E-state index contributed by atoms with van der Waals surface area (Å²) in [5, 5.41) is 71.3. The fraction of sp³-hybridized carbons (Fsp3) is 0.489. The number of hydrogen-bond donors (Lipinski definition) is 8. The normalized spacial score (nSPS) is 11.4. The zero-order valence-corrected chi connectivity index (χ0v) is 41.2. The van der Waals surface area contributed by atoms with Gasteiger partial charge in [-0.15, -0.1) is 0 Å². The summed E-state index contributed by atoms with van der Waals surface area (Å²) in [4.78, 5) is 86.1. The molecule has 73 heavy (non-hydrogen) atoms. The standard InChI is InChI=1S/C15H24O9.C14H18O7.C7H12O4.C6H10O3.C5H8O3/c1-3-14(19)23-9-12(17)7-21-5-11(16)6-22-8-13(18)10-24-15(20)4-2;1-4-11(16)19-8-14(7-15,9-20-12(17)5-2)10-21-13(18)6-3;1-5(2)7(10)11-4-6(9)3-8;1-5(2)6(8)9-4-3-7;1-2-5(7)8-4-3-6/h3-4,11-13,16-18H,1-2,5-10H2;4-6,15H,1-3,7-10H2;6,8-9H,1,3-4H2,2H3;7H,1,3-4H2,2H3;2,6H,1,3-4H2. The first-order valence-electron chi connectivity index (χ1n) is 21.1. The minimum absolute atomic E-state index is 0.0465. The molecule has 8 N–H and O–H groups in total. The van der Waals surface area contributed by atoms with Crippen LogP contribution in [0.15, 0.2) is 100 Å². The van der Waals surface area contributed by atoms with Crippen LogP contribution in [0.2, 0.25) is 0 Å². The maximum atomic E-state index is 11.1. The summed E-state index contributed by atoms with van der Waals surface area (Å²) in [6.45, 7) is 25.7. The molecule has 3 unspecified atom stereocenters. The Balaban J connectivity index is -0.000000283. The molecule has 0 amide bonds. The summed E-state index contributed by atoms with van der Waals surface area (Å²) in [7, 11) is 0. The zero-order chi connectivity index (χ0) is 57.2. The van der Waals surface area contributed by atoms with Crippen molar-refractivity contribution in [3.05, 3.63) is 100 Å². The van der Waals surface area contributed by atoms with Gasteiger partial charge in [-0.1, -0.05) is 52.6 Å². The molecule has 0 spiro atoms. The number of carbonyl (C=O) groups excluding carboxylic acids is 8. The van der Waals surface area contributed by atoms with Crippen molar-refractivity contribution in [2.45, 2.75) is 38.3 Å². The van der Waals surface area contributed by atoms with Gasteiger partial charge in [0.1, 0.15) is 77.3 Å². The average molecular weight is 1050 g/mol. The van der Waals surface area contributed by atoms with E-state index in [9.17, 15) is 58.8 Å². The third-order valence-electron chi connectivity index (χ3n) is 6.95. The van der Waals surface area contributed by atoms with E-state index < -0.39 is 90.8 Å². The number of esters is 8. The highest BCUT2D eigenvalue weighted by molar-refractivity contribution is 5.87. The number of aliphatic hydroxyl groups is 8. The number of ether oxygens (including phenoxy) is 10. The van der Waals surface area contributed by atoms with E-state index in [0.29, 0.717) is 5.57 Å². The molecule has 26 heteroatoms. The first-order chi connectivity index (χ1) is 34.4. The van der Waals surface area contributed by atoms with E-state index in [-0.39, 0.29) is 98.1 Å². The molecule has 0 aliphatic rings. The van der Waals surface area contributed by atoms with E-state index in [1.54, 1.807) is 6.92 Å². The van der Waals surface area contributed by atoms with Gasteiger partial charge in [-0.05, 0) is 13.8 Å². The Hall–Kier alpha value is -6.72. The van der Waals surface area contributed by atoms with Crippen molar-refractivity contribution in [1.82, 2.24) is 0 Å². The zero-order valence-electron chi connectivity index (χ0n) is 41.2. The van der Waals surface area contributed by atoms with Crippen LogP contribution >= 0.6 is 0 Å². The molecular formula is C47H72O26. The second-order valence-corrected chi connectivity index (χ2v) is 13.7. The van der Waals surface area contributed by atoms with Gasteiger partial charge in [0.05, 0.1) is 58.3 Å². The molecule has 3 atom stereocenters. The molecule has 0 bridgehead atoms. The summed E-state index contributed by atoms with van der Waals surface area (Å²) in [6.07, 6.45) is 1.79. The lowest BCUT2D eigenvalue weighted by Gasteiger charge is -2.29. The van der Waals surface area contributed by atoms with Gasteiger partial charge in [0.15, 0.2) is 0 Å². The van der Waals surface area contributed by atoms with Crippen molar-refractivity contribution in [3.63, 3.8) is 0 Å². The lowest BCUT2D eigenvalue weighted by Crippen LogP contribution is -2.42. The van der Waals surface area contributed by atoms with Crippen LogP contribution in [0, 0.1) is 5.41 Å². The van der Waals surface area contributed by atoms with Crippen LogP contribution < -0.4 is 0 Å². The molecule has 26 nitrogen and oxygen atoms in total. The highest BCUT2D eigenvalue weighted by Crippen LogP contribution is 2.19. The van der Waals surface area contributed by atoms with E-state index in [1.165, 1.54) is 6.92 Å². The summed E-state index contributed by atoms with van der Waals surface area (Å²) < 4.78 is 47.1. The highest BCUT2D eigenvalue weighted by Gasteiger charge is 2.35. The number of rotatable bonds is 34. The fourth-order valence-electron chi connectivity index (χ4n) is 3.22. The molecule has 0 saturated carbocycles. The van der Waals surface area contributed by atoms with Crippen LogP contribution in [0.4, 0.5) is 0 Å². The molecule has 0 rings (SSSR count). The van der Waals surface area contributed by atoms with Crippen LogP contribution in [0.5, 0.6) is 0 Å². The molecule has 0 aliphatic carbocycles. The van der Waals surface area contributed by atoms with Crippen molar-refractivity contribution < 1.29 is 127 Å². The Labute approximate surface area is 423 Å². The van der Waals surface area contributed by atoms with E-state index >= 15 is 0 Å². The fourth-order valence-corrected chi connectivity index (χ4v) is 3.22. The third kappa shape index (κ3) is 51.4. The Morgan fingerprint density at radius 2 is 0.685 bits per heavy atom. The third-order valence-corrected chi connectivity index (χ3v) is 6.95. The van der Waals surface area contributed by atoms with Crippen molar-refractivity contribution in [2.75, 3.05) is 106 Å². The Morgan fingerprint density at radius 1 is 0.411 bits per heavy atom. The van der Waals surface area contributed by atoms with Crippen LogP contribution in [-0.2, 0) is 85.7 Å². The summed E-state index contributed by atoms with van der Waals surface area (Å²) >= 11 is 0. The molecule has 0 aliphatic heterocycles. The minimum Gasteiger partial charge on any atom is -0.462 e. The van der Waals surface area contributed by atoms with Gasteiger partial charge >= 0.3 is 47.8 Å². The van der Waals surface area contributed by atoms with Crippen LogP contribution in [0.3, 0.4) is 0 Å². The monoisotopic (exact) mass is 1050 g/mol. The first kappa shape index (κ1) is 75.2. The SMILES string of the molecule is C=C(C)C(=O)OCC(O)CO.C=C(C)C(=O)OCCO.C=CC(=O)OCC(CO)(COC(=O)C=C)COC(=O)C=C.C=CC(=O)OCC(O)COCC(O)COCC(O)COC(=O)C=C.C=CC(=O)OCCO. The maximum Gasteiger partial charge on any atom is 0.333 e. The Kier molecular flexibility index (Phi) is 51.8. The first-order valence-corrected chi connectivity index (χ1v) is 21.1. The molecule has 416 valence electrons. The van der Waals surface area contributed by atoms with Gasteiger partial charge in [0.25, 0.3) is 0 Å². The molecule has 0 saturated heterocycles. The van der Waals surface area contributed by atoms with Crippen LogP contribution in [0.1, 0.15) is 13.8 Å². The second-order valence-electron chi connectivity index (χ2n) is 13.7. The highest BCUT2D eigenvalue weighted by atomic mass is 16.6. The van der Waals surface area contributed by atoms with E-state index in [4.69, 9.17) is 44.1 Å². The lowest BCUT2D eigenvalue weighted by atomic mass is 9.92. The minimum atomic E-state index is -1.28. The second kappa shape index (κ2) is 50.2. The van der Waals surface area contributed by atoms with Gasteiger partial charge in [-0.2, -0.15) is 0 Å². The largest absolute Gasteiger partial charge is 0.462 e. The van der Waals surface area contributed by atoms with E-state index in [0.717, 1.165) is 36.5 Å². The van der Waals surface area contributed by atoms with Crippen molar-refractivity contribution >= 4 is 47.8 Å². The summed E-state index contributed by atoms with van der Waals surface area (Å²) in [5.41, 5.74) is -0.658. The van der Waals surface area contributed by atoms with Crippen molar-refractivity contribution in [3.8, 4) is 0 Å². The van der Waals surface area contributed by atoms with Gasteiger partial charge in [0, 0.05) is 47.6 Å². The number of aliphatic hydroxyl groups excluding tert-OH is 8. The number of carbonyl (C=O) groups is 8. The van der Waals surface area contributed by atoms with E-state index in [1.807, 2.05) is 0 Å². The van der Waals surface area contributed by atoms with Crippen molar-refractivity contribution in [1.29, 1.82) is 0 Å². The maximum absolute atomic E-state index is 11.1. The summed E-state index contributed by atoms with van der Waals surface area (Å²) in [5.74, 6) is -4.99. The molecule has 0 aromatic heterocycles.